The molecular weight excluding hydrogens is 342 g/mol. The second kappa shape index (κ2) is 9.26. The zero-order chi connectivity index (χ0) is 18.9. The van der Waals surface area contributed by atoms with Gasteiger partial charge in [-0.15, -0.1) is 0 Å². The van der Waals surface area contributed by atoms with E-state index in [2.05, 4.69) is 14.8 Å². The summed E-state index contributed by atoms with van der Waals surface area (Å²) < 4.78 is 19.7. The van der Waals surface area contributed by atoms with Crippen molar-refractivity contribution in [1.29, 1.82) is 0 Å². The highest BCUT2D eigenvalue weighted by atomic mass is 16.6. The molecule has 0 fully saturated rings. The lowest BCUT2D eigenvalue weighted by Gasteiger charge is -2.22. The molecule has 0 aliphatic carbocycles. The Kier molecular flexibility index (Phi) is 6.78. The number of alkyl carbamates (subject to hydrolysis) is 1. The first-order valence-corrected chi connectivity index (χ1v) is 7.73. The van der Waals surface area contributed by atoms with Crippen LogP contribution >= 0.6 is 0 Å². The van der Waals surface area contributed by atoms with Crippen molar-refractivity contribution in [1.82, 2.24) is 5.32 Å². The van der Waals surface area contributed by atoms with Gasteiger partial charge in [-0.2, -0.15) is 0 Å². The van der Waals surface area contributed by atoms with Crippen LogP contribution < -0.4 is 5.32 Å². The van der Waals surface area contributed by atoms with Gasteiger partial charge in [0.1, 0.15) is 18.4 Å². The Morgan fingerprint density at radius 1 is 1.00 bits per heavy atom. The summed E-state index contributed by atoms with van der Waals surface area (Å²) in [5, 5.41) is 2.46. The molecule has 8 heteroatoms. The largest absolute Gasteiger partial charge is 0.468 e. The maximum Gasteiger partial charge on any atom is 0.408 e. The Morgan fingerprint density at radius 2 is 1.65 bits per heavy atom. The predicted octanol–water partition coefficient (Wildman–Crippen LogP) is 2.21. The first kappa shape index (κ1) is 19.0. The lowest BCUT2D eigenvalue weighted by molar-refractivity contribution is -0.160. The van der Waals surface area contributed by atoms with E-state index in [1.807, 2.05) is 18.2 Å². The summed E-state index contributed by atoms with van der Waals surface area (Å²) >= 11 is 0. The van der Waals surface area contributed by atoms with E-state index in [0.717, 1.165) is 19.8 Å². The molecule has 138 valence electrons. The van der Waals surface area contributed by atoms with E-state index in [-0.39, 0.29) is 12.4 Å². The van der Waals surface area contributed by atoms with Crippen molar-refractivity contribution >= 4 is 18.0 Å². The summed E-state index contributed by atoms with van der Waals surface area (Å²) in [6.45, 7) is 0.0265. The third-order valence-corrected chi connectivity index (χ3v) is 3.58. The van der Waals surface area contributed by atoms with E-state index in [1.54, 1.807) is 18.2 Å². The molecule has 1 amide bonds. The molecule has 1 atom stereocenters. The van der Waals surface area contributed by atoms with E-state index in [4.69, 9.17) is 9.15 Å². The van der Waals surface area contributed by atoms with Crippen LogP contribution in [0.3, 0.4) is 0 Å². The van der Waals surface area contributed by atoms with Gasteiger partial charge in [0.15, 0.2) is 5.92 Å². The number of hydrogen-bond donors (Lipinski definition) is 1. The lowest BCUT2D eigenvalue weighted by Crippen LogP contribution is -2.41. The van der Waals surface area contributed by atoms with Crippen molar-refractivity contribution in [2.45, 2.75) is 12.6 Å². The van der Waals surface area contributed by atoms with Gasteiger partial charge in [-0.05, 0) is 17.7 Å². The molecule has 0 aliphatic heterocycles. The zero-order valence-corrected chi connectivity index (χ0v) is 14.3. The second-order valence-electron chi connectivity index (χ2n) is 5.22. The van der Waals surface area contributed by atoms with Crippen LogP contribution in [0, 0.1) is 5.92 Å². The van der Waals surface area contributed by atoms with Crippen LogP contribution in [0.2, 0.25) is 0 Å². The van der Waals surface area contributed by atoms with Gasteiger partial charge in [-0.3, -0.25) is 9.59 Å². The molecule has 1 heterocycles. The molecule has 26 heavy (non-hydrogen) atoms. The normalized spacial score (nSPS) is 11.5. The van der Waals surface area contributed by atoms with E-state index in [1.165, 1.54) is 12.3 Å². The van der Waals surface area contributed by atoms with Gasteiger partial charge in [0.25, 0.3) is 0 Å². The molecule has 2 rings (SSSR count). The highest BCUT2D eigenvalue weighted by Crippen LogP contribution is 2.25. The second-order valence-corrected chi connectivity index (χ2v) is 5.22. The van der Waals surface area contributed by atoms with Crippen LogP contribution in [0.5, 0.6) is 0 Å². The van der Waals surface area contributed by atoms with Crippen molar-refractivity contribution < 1.29 is 33.0 Å². The summed E-state index contributed by atoms with van der Waals surface area (Å²) in [6, 6.07) is 11.0. The fourth-order valence-corrected chi connectivity index (χ4v) is 2.30. The molecule has 1 aromatic carbocycles. The highest BCUT2D eigenvalue weighted by molar-refractivity contribution is 5.96. The molecule has 0 saturated carbocycles. The monoisotopic (exact) mass is 361 g/mol. The van der Waals surface area contributed by atoms with Crippen molar-refractivity contribution in [2.24, 2.45) is 5.92 Å². The minimum absolute atomic E-state index is 0.0265. The van der Waals surface area contributed by atoms with Gasteiger partial charge < -0.3 is 23.9 Å². The molecule has 0 unspecified atom stereocenters. The molecule has 0 saturated heterocycles. The number of benzene rings is 1. The van der Waals surface area contributed by atoms with Gasteiger partial charge in [-0.1, -0.05) is 30.3 Å². The Morgan fingerprint density at radius 3 is 2.19 bits per heavy atom. The number of esters is 2. The maximum absolute atomic E-state index is 12.2. The highest BCUT2D eigenvalue weighted by Gasteiger charge is 2.40. The standard InChI is InChI=1S/C18H19NO7/c1-23-16(20)14(17(21)24-2)15(13-9-6-10-25-13)19-18(22)26-11-12-7-4-3-5-8-12/h3-10,14-15H,11H2,1-2H3,(H,19,22)/t15-/m1/s1. The van der Waals surface area contributed by atoms with Crippen molar-refractivity contribution in [2.75, 3.05) is 14.2 Å². The first-order valence-electron chi connectivity index (χ1n) is 7.73. The molecular formula is C18H19NO7. The van der Waals surface area contributed by atoms with Crippen molar-refractivity contribution in [3.63, 3.8) is 0 Å². The van der Waals surface area contributed by atoms with E-state index in [0.29, 0.717) is 0 Å². The Bertz CT molecular complexity index is 711. The first-order chi connectivity index (χ1) is 12.6. The average Bonchev–Trinajstić information content (AvgIpc) is 3.20. The van der Waals surface area contributed by atoms with Crippen LogP contribution in [0.15, 0.2) is 53.1 Å². The number of amides is 1. The van der Waals surface area contributed by atoms with E-state index < -0.39 is 30.0 Å². The predicted molar refractivity (Wildman–Crippen MR) is 88.7 cm³/mol. The summed E-state index contributed by atoms with van der Waals surface area (Å²) in [7, 11) is 2.26. The quantitative estimate of drug-likeness (QED) is 0.458. The number of methoxy groups -OCH3 is 2. The minimum Gasteiger partial charge on any atom is -0.468 e. The van der Waals surface area contributed by atoms with Crippen LogP contribution in [0.4, 0.5) is 4.79 Å². The van der Waals surface area contributed by atoms with Crippen LogP contribution in [-0.4, -0.2) is 32.3 Å². The van der Waals surface area contributed by atoms with Gasteiger partial charge in [0.2, 0.25) is 0 Å². The van der Waals surface area contributed by atoms with Crippen LogP contribution in [0.1, 0.15) is 17.4 Å². The molecule has 0 spiro atoms. The topological polar surface area (TPSA) is 104 Å². The molecule has 0 bridgehead atoms. The van der Waals surface area contributed by atoms with Crippen LogP contribution in [0.25, 0.3) is 0 Å². The third-order valence-electron chi connectivity index (χ3n) is 3.58. The van der Waals surface area contributed by atoms with Gasteiger partial charge in [0.05, 0.1) is 20.5 Å². The van der Waals surface area contributed by atoms with E-state index >= 15 is 0 Å². The van der Waals surface area contributed by atoms with Crippen LogP contribution in [-0.2, 0) is 30.4 Å². The summed E-state index contributed by atoms with van der Waals surface area (Å²) in [5.74, 6) is -3.01. The third kappa shape index (κ3) is 4.85. The number of ether oxygens (including phenoxy) is 3. The van der Waals surface area contributed by atoms with Gasteiger partial charge in [0, 0.05) is 0 Å². The van der Waals surface area contributed by atoms with Gasteiger partial charge >= 0.3 is 18.0 Å². The summed E-state index contributed by atoms with van der Waals surface area (Å²) in [5.41, 5.74) is 0.787. The summed E-state index contributed by atoms with van der Waals surface area (Å²) in [4.78, 5) is 36.3. The molecule has 0 radical (unpaired) electrons. The molecule has 2 aromatic rings. The van der Waals surface area contributed by atoms with Crippen molar-refractivity contribution in [3.8, 4) is 0 Å². The Labute approximate surface area is 150 Å². The molecule has 8 nitrogen and oxygen atoms in total. The minimum atomic E-state index is -1.44. The fourth-order valence-electron chi connectivity index (χ4n) is 2.30. The zero-order valence-electron chi connectivity index (χ0n) is 14.3. The number of rotatable bonds is 7. The number of carbonyl (C=O) groups is 3. The SMILES string of the molecule is COC(=O)C(C(=O)OC)[C@H](NC(=O)OCc1ccccc1)c1ccco1. The smallest absolute Gasteiger partial charge is 0.408 e. The number of furan rings is 1. The van der Waals surface area contributed by atoms with E-state index in [9.17, 15) is 14.4 Å². The number of nitrogens with one attached hydrogen (secondary N) is 1. The average molecular weight is 361 g/mol. The maximum atomic E-state index is 12.2. The molecule has 0 aliphatic rings. The fraction of sp³-hybridized carbons (Fsp3) is 0.278. The lowest BCUT2D eigenvalue weighted by atomic mass is 9.97. The number of hydrogen-bond acceptors (Lipinski definition) is 7. The molecule has 1 N–H and O–H groups in total. The Hall–Kier alpha value is -3.29. The van der Waals surface area contributed by atoms with Crippen molar-refractivity contribution in [3.05, 3.63) is 60.1 Å². The summed E-state index contributed by atoms with van der Waals surface area (Å²) in [6.07, 6.45) is 0.526. The van der Waals surface area contributed by atoms with Gasteiger partial charge in [-0.25, -0.2) is 4.79 Å². The number of carbonyl (C=O) groups excluding carboxylic acids is 3. The Balaban J connectivity index is 2.15. The molecule has 1 aromatic heterocycles.